The maximum atomic E-state index is 12.9. The molecule has 154 valence electrons. The molecule has 7 nitrogen and oxygen atoms in total. The number of aromatic nitrogens is 4. The van der Waals surface area contributed by atoms with Gasteiger partial charge in [0.1, 0.15) is 0 Å². The molecular formula is C20H17Cl2N5O2S. The van der Waals surface area contributed by atoms with Crippen LogP contribution in [0.4, 0.5) is 5.69 Å². The van der Waals surface area contributed by atoms with E-state index in [1.165, 1.54) is 11.8 Å². The van der Waals surface area contributed by atoms with Crippen LogP contribution in [0.3, 0.4) is 0 Å². The lowest BCUT2D eigenvalue weighted by atomic mass is 10.2. The first-order valence-electron chi connectivity index (χ1n) is 9.24. The zero-order valence-corrected chi connectivity index (χ0v) is 18.3. The minimum atomic E-state index is -0.280. The number of aryl methyl sites for hydroxylation is 1. The van der Waals surface area contributed by atoms with E-state index in [-0.39, 0.29) is 17.2 Å². The first-order chi connectivity index (χ1) is 14.5. The second-order valence-electron chi connectivity index (χ2n) is 6.53. The van der Waals surface area contributed by atoms with Crippen molar-refractivity contribution in [2.75, 3.05) is 11.1 Å². The van der Waals surface area contributed by atoms with E-state index in [9.17, 15) is 9.59 Å². The number of nitrogens with one attached hydrogen (secondary N) is 1. The maximum Gasteiger partial charge on any atom is 0.262 e. The lowest BCUT2D eigenvalue weighted by Gasteiger charge is -2.11. The third-order valence-electron chi connectivity index (χ3n) is 4.48. The average Bonchev–Trinajstić information content (AvgIpc) is 3.16. The van der Waals surface area contributed by atoms with Gasteiger partial charge in [-0.1, -0.05) is 60.1 Å². The van der Waals surface area contributed by atoms with Gasteiger partial charge in [-0.15, -0.1) is 10.2 Å². The zero-order valence-electron chi connectivity index (χ0n) is 15.9. The second kappa shape index (κ2) is 8.67. The van der Waals surface area contributed by atoms with Gasteiger partial charge < -0.3 is 5.32 Å². The Kier molecular flexibility index (Phi) is 5.99. The summed E-state index contributed by atoms with van der Waals surface area (Å²) < 4.78 is 3.43. The summed E-state index contributed by atoms with van der Waals surface area (Å²) in [6, 6.07) is 12.3. The minimum absolute atomic E-state index is 0.0730. The molecule has 0 aliphatic rings. The van der Waals surface area contributed by atoms with Crippen molar-refractivity contribution in [1.29, 1.82) is 0 Å². The Morgan fingerprint density at radius 1 is 1.10 bits per heavy atom. The second-order valence-corrected chi connectivity index (χ2v) is 8.28. The molecule has 10 heteroatoms. The Morgan fingerprint density at radius 3 is 2.57 bits per heavy atom. The van der Waals surface area contributed by atoms with Gasteiger partial charge in [-0.25, -0.2) is 0 Å². The van der Waals surface area contributed by atoms with Gasteiger partial charge in [0.15, 0.2) is 5.16 Å². The van der Waals surface area contributed by atoms with Crippen molar-refractivity contribution >= 4 is 63.2 Å². The standard InChI is InChI=1S/C20H17Cl2N5O2S/c1-2-10-26-18(29)12-6-3-4-9-15(12)27-19(26)24-25-20(27)30-11-16(28)23-17-13(21)7-5-8-14(17)22/h3-9H,2,10-11H2,1H3,(H,23,28). The molecule has 4 aromatic rings. The number of fused-ring (bicyclic) bond motifs is 3. The summed E-state index contributed by atoms with van der Waals surface area (Å²) in [6.07, 6.45) is 0.782. The summed E-state index contributed by atoms with van der Waals surface area (Å²) >= 11 is 13.4. The van der Waals surface area contributed by atoms with Crippen molar-refractivity contribution in [3.8, 4) is 0 Å². The highest BCUT2D eigenvalue weighted by atomic mass is 35.5. The van der Waals surface area contributed by atoms with E-state index in [0.717, 1.165) is 6.42 Å². The molecule has 0 spiro atoms. The highest BCUT2D eigenvalue weighted by Crippen LogP contribution is 2.30. The minimum Gasteiger partial charge on any atom is -0.323 e. The number of benzene rings is 2. The van der Waals surface area contributed by atoms with E-state index < -0.39 is 0 Å². The fourth-order valence-electron chi connectivity index (χ4n) is 3.18. The fraction of sp³-hybridized carbons (Fsp3) is 0.200. The van der Waals surface area contributed by atoms with Gasteiger partial charge in [0.25, 0.3) is 5.56 Å². The number of para-hydroxylation sites is 2. The molecule has 0 saturated carbocycles. The molecular weight excluding hydrogens is 445 g/mol. The summed E-state index contributed by atoms with van der Waals surface area (Å²) in [4.78, 5) is 25.3. The summed E-state index contributed by atoms with van der Waals surface area (Å²) in [5.41, 5.74) is 0.974. The van der Waals surface area contributed by atoms with Gasteiger partial charge >= 0.3 is 0 Å². The van der Waals surface area contributed by atoms with Crippen molar-refractivity contribution in [1.82, 2.24) is 19.2 Å². The summed E-state index contributed by atoms with van der Waals surface area (Å²) in [7, 11) is 0. The summed E-state index contributed by atoms with van der Waals surface area (Å²) in [5, 5.41) is 13.0. The average molecular weight is 462 g/mol. The Labute approximate surface area is 186 Å². The normalized spacial score (nSPS) is 11.3. The van der Waals surface area contributed by atoms with Crippen molar-refractivity contribution in [3.05, 3.63) is 62.9 Å². The fourth-order valence-corrected chi connectivity index (χ4v) is 4.41. The number of hydrogen-bond donors (Lipinski definition) is 1. The van der Waals surface area contributed by atoms with E-state index in [2.05, 4.69) is 15.5 Å². The molecule has 0 unspecified atom stereocenters. The Morgan fingerprint density at radius 2 is 1.83 bits per heavy atom. The van der Waals surface area contributed by atoms with Crippen molar-refractivity contribution in [3.63, 3.8) is 0 Å². The SMILES string of the molecule is CCCn1c(=O)c2ccccc2n2c(SCC(=O)Nc3c(Cl)cccc3Cl)nnc12. The smallest absolute Gasteiger partial charge is 0.262 e. The number of halogens is 2. The van der Waals surface area contributed by atoms with Crippen molar-refractivity contribution < 1.29 is 4.79 Å². The molecule has 1 amide bonds. The third-order valence-corrected chi connectivity index (χ3v) is 6.04. The van der Waals surface area contributed by atoms with Crippen LogP contribution < -0.4 is 10.9 Å². The van der Waals surface area contributed by atoms with E-state index in [0.29, 0.717) is 44.1 Å². The lowest BCUT2D eigenvalue weighted by Crippen LogP contribution is -2.23. The first kappa shape index (κ1) is 20.7. The molecule has 2 aromatic carbocycles. The molecule has 0 saturated heterocycles. The quantitative estimate of drug-likeness (QED) is 0.427. The molecule has 4 rings (SSSR count). The molecule has 0 radical (unpaired) electrons. The predicted molar refractivity (Wildman–Crippen MR) is 121 cm³/mol. The maximum absolute atomic E-state index is 12.9. The molecule has 0 aliphatic heterocycles. The number of carbonyl (C=O) groups excluding carboxylic acids is 1. The van der Waals surface area contributed by atoms with Crippen LogP contribution in [0.5, 0.6) is 0 Å². The van der Waals surface area contributed by atoms with Crippen LogP contribution in [0, 0.1) is 0 Å². The van der Waals surface area contributed by atoms with Gasteiger partial charge in [-0.05, 0) is 30.7 Å². The lowest BCUT2D eigenvalue weighted by molar-refractivity contribution is -0.113. The number of nitrogens with zero attached hydrogens (tertiary/aromatic N) is 4. The van der Waals surface area contributed by atoms with Crippen LogP contribution in [0.1, 0.15) is 13.3 Å². The number of hydrogen-bond acceptors (Lipinski definition) is 5. The first-order valence-corrected chi connectivity index (χ1v) is 11.0. The van der Waals surface area contributed by atoms with Crippen LogP contribution in [-0.4, -0.2) is 30.8 Å². The third kappa shape index (κ3) is 3.78. The van der Waals surface area contributed by atoms with E-state index in [1.807, 2.05) is 29.5 Å². The van der Waals surface area contributed by atoms with Gasteiger partial charge in [0.2, 0.25) is 11.7 Å². The zero-order chi connectivity index (χ0) is 21.3. The highest BCUT2D eigenvalue weighted by molar-refractivity contribution is 7.99. The van der Waals surface area contributed by atoms with Crippen LogP contribution in [-0.2, 0) is 11.3 Å². The van der Waals surface area contributed by atoms with Gasteiger partial charge in [0.05, 0.1) is 32.4 Å². The molecule has 0 bridgehead atoms. The van der Waals surface area contributed by atoms with Crippen molar-refractivity contribution in [2.45, 2.75) is 25.0 Å². The van der Waals surface area contributed by atoms with Crippen LogP contribution in [0.25, 0.3) is 16.7 Å². The summed E-state index contributed by atoms with van der Waals surface area (Å²) in [5.74, 6) is 0.249. The van der Waals surface area contributed by atoms with Crippen LogP contribution >= 0.6 is 35.0 Å². The number of rotatable bonds is 6. The number of anilines is 1. The number of carbonyl (C=O) groups is 1. The number of thioether (sulfide) groups is 1. The molecule has 1 N–H and O–H groups in total. The molecule has 0 fully saturated rings. The topological polar surface area (TPSA) is 81.3 Å². The largest absolute Gasteiger partial charge is 0.323 e. The Balaban J connectivity index is 1.67. The summed E-state index contributed by atoms with van der Waals surface area (Å²) in [6.45, 7) is 2.52. The molecule has 30 heavy (non-hydrogen) atoms. The van der Waals surface area contributed by atoms with Gasteiger partial charge in [-0.3, -0.25) is 18.6 Å². The number of amides is 1. The van der Waals surface area contributed by atoms with Gasteiger partial charge in [-0.2, -0.15) is 0 Å². The monoisotopic (exact) mass is 461 g/mol. The van der Waals surface area contributed by atoms with E-state index in [4.69, 9.17) is 23.2 Å². The predicted octanol–water partition coefficient (Wildman–Crippen LogP) is 4.49. The Hall–Kier alpha value is -2.55. The van der Waals surface area contributed by atoms with Crippen LogP contribution in [0.15, 0.2) is 52.4 Å². The van der Waals surface area contributed by atoms with Gasteiger partial charge in [0, 0.05) is 6.54 Å². The molecule has 0 aliphatic carbocycles. The molecule has 2 aromatic heterocycles. The van der Waals surface area contributed by atoms with Crippen molar-refractivity contribution in [2.24, 2.45) is 0 Å². The molecule has 0 atom stereocenters. The molecule has 2 heterocycles. The van der Waals surface area contributed by atoms with Crippen LogP contribution in [0.2, 0.25) is 10.0 Å². The van der Waals surface area contributed by atoms with E-state index >= 15 is 0 Å². The van der Waals surface area contributed by atoms with E-state index in [1.54, 1.807) is 28.8 Å². The Bertz CT molecular complexity index is 1300. The highest BCUT2D eigenvalue weighted by Gasteiger charge is 2.18.